The fourth-order valence-electron chi connectivity index (χ4n) is 5.45. The number of fused-ring (bicyclic) bond motifs is 2. The summed E-state index contributed by atoms with van der Waals surface area (Å²) >= 11 is 0. The average Bonchev–Trinajstić information content (AvgIpc) is 3.66. The number of anilines is 1. The number of amides is 1. The molecule has 38 heavy (non-hydrogen) atoms. The first-order chi connectivity index (χ1) is 18.1. The normalized spacial score (nSPS) is 19.4. The number of hydrogen-bond acceptors (Lipinski definition) is 7. The van der Waals surface area contributed by atoms with Gasteiger partial charge < -0.3 is 24.4 Å². The minimum absolute atomic E-state index is 0.0200. The van der Waals surface area contributed by atoms with Crippen LogP contribution in [0.4, 0.5) is 15.0 Å². The largest absolute Gasteiger partial charge is 0.507 e. The number of halogens is 1. The quantitative estimate of drug-likeness (QED) is 0.531. The Kier molecular flexibility index (Phi) is 5.73. The molecule has 0 spiro atoms. The zero-order valence-electron chi connectivity index (χ0n) is 21.7. The maximum absolute atomic E-state index is 14.9. The van der Waals surface area contributed by atoms with Crippen molar-refractivity contribution in [1.29, 1.82) is 0 Å². The van der Waals surface area contributed by atoms with Gasteiger partial charge in [0.25, 0.3) is 0 Å². The molecule has 2 aromatic carbocycles. The number of phenols is 1. The van der Waals surface area contributed by atoms with Crippen molar-refractivity contribution in [3.63, 3.8) is 0 Å². The van der Waals surface area contributed by atoms with Crippen molar-refractivity contribution in [2.24, 2.45) is 0 Å². The second-order valence-corrected chi connectivity index (χ2v) is 11.2. The summed E-state index contributed by atoms with van der Waals surface area (Å²) < 4.78 is 28.4. The third kappa shape index (κ3) is 4.31. The van der Waals surface area contributed by atoms with Crippen molar-refractivity contribution in [1.82, 2.24) is 14.5 Å². The molecule has 1 aliphatic carbocycles. The molecule has 3 aliphatic rings. The lowest BCUT2D eigenvalue weighted by Crippen LogP contribution is -2.57. The molecule has 6 rings (SSSR count). The van der Waals surface area contributed by atoms with Crippen LogP contribution in [0.5, 0.6) is 11.5 Å². The topological polar surface area (TPSA) is 97.1 Å². The molecule has 0 radical (unpaired) electrons. The van der Waals surface area contributed by atoms with E-state index in [-0.39, 0.29) is 35.2 Å². The van der Waals surface area contributed by atoms with Gasteiger partial charge >= 0.3 is 11.8 Å². The Balaban J connectivity index is 1.48. The van der Waals surface area contributed by atoms with Gasteiger partial charge in [0.2, 0.25) is 0 Å². The molecule has 9 nitrogen and oxygen atoms in total. The summed E-state index contributed by atoms with van der Waals surface area (Å²) in [5.74, 6) is 0.255. The molecule has 1 atom stereocenters. The molecule has 2 aliphatic heterocycles. The van der Waals surface area contributed by atoms with Gasteiger partial charge in [0.1, 0.15) is 28.7 Å². The van der Waals surface area contributed by atoms with E-state index < -0.39 is 11.4 Å². The van der Waals surface area contributed by atoms with Crippen molar-refractivity contribution in [3.8, 4) is 22.6 Å². The number of rotatable bonds is 2. The zero-order chi connectivity index (χ0) is 26.8. The van der Waals surface area contributed by atoms with Crippen LogP contribution in [0.15, 0.2) is 35.1 Å². The van der Waals surface area contributed by atoms with Gasteiger partial charge in [-0.25, -0.2) is 14.0 Å². The molecular formula is C28H31FN4O5. The number of hydrogen-bond donors (Lipinski definition) is 1. The van der Waals surface area contributed by atoms with E-state index in [4.69, 9.17) is 9.47 Å². The third-order valence-corrected chi connectivity index (χ3v) is 7.28. The molecule has 3 heterocycles. The molecular weight excluding hydrogens is 491 g/mol. The summed E-state index contributed by atoms with van der Waals surface area (Å²) in [6.07, 6.45) is 1.94. The lowest BCUT2D eigenvalue weighted by Gasteiger charge is -2.43. The summed E-state index contributed by atoms with van der Waals surface area (Å²) in [5, 5.41) is 11.2. The van der Waals surface area contributed by atoms with E-state index in [0.29, 0.717) is 60.7 Å². The van der Waals surface area contributed by atoms with Gasteiger partial charge in [0.15, 0.2) is 0 Å². The Bertz CT molecular complexity index is 1470. The van der Waals surface area contributed by atoms with Crippen molar-refractivity contribution in [3.05, 3.63) is 46.6 Å². The van der Waals surface area contributed by atoms with Crippen molar-refractivity contribution in [2.45, 2.75) is 57.7 Å². The number of nitrogens with zero attached hydrogens (tertiary/aromatic N) is 4. The second kappa shape index (κ2) is 8.89. The number of ether oxygens (including phenoxy) is 2. The molecule has 1 saturated carbocycles. The van der Waals surface area contributed by atoms with Crippen molar-refractivity contribution in [2.75, 3.05) is 31.1 Å². The van der Waals surface area contributed by atoms with Crippen LogP contribution in [0.1, 0.15) is 46.1 Å². The summed E-state index contributed by atoms with van der Waals surface area (Å²) in [6.45, 7) is 7.20. The fourth-order valence-corrected chi connectivity index (χ4v) is 5.45. The van der Waals surface area contributed by atoms with E-state index in [2.05, 4.69) is 9.88 Å². The van der Waals surface area contributed by atoms with Gasteiger partial charge in [-0.2, -0.15) is 4.98 Å². The maximum Gasteiger partial charge on any atom is 0.410 e. The number of benzene rings is 2. The van der Waals surface area contributed by atoms with E-state index in [9.17, 15) is 19.1 Å². The minimum atomic E-state index is -0.595. The van der Waals surface area contributed by atoms with Crippen LogP contribution >= 0.6 is 0 Å². The number of carbonyl (C=O) groups is 1. The van der Waals surface area contributed by atoms with Gasteiger partial charge in [-0.15, -0.1) is 0 Å². The number of piperazine rings is 1. The van der Waals surface area contributed by atoms with E-state index >= 15 is 0 Å². The molecule has 200 valence electrons. The zero-order valence-corrected chi connectivity index (χ0v) is 21.7. The Morgan fingerprint density at radius 2 is 1.95 bits per heavy atom. The summed E-state index contributed by atoms with van der Waals surface area (Å²) in [7, 11) is 0. The first-order valence-corrected chi connectivity index (χ1v) is 13.1. The summed E-state index contributed by atoms with van der Waals surface area (Å²) in [4.78, 5) is 34.5. The molecule has 2 fully saturated rings. The third-order valence-electron chi connectivity index (χ3n) is 7.28. The number of aromatic nitrogens is 2. The van der Waals surface area contributed by atoms with E-state index in [1.54, 1.807) is 21.6 Å². The molecule has 1 aromatic heterocycles. The molecule has 1 N–H and O–H groups in total. The highest BCUT2D eigenvalue weighted by atomic mass is 19.1. The number of aromatic hydroxyl groups is 1. The molecule has 1 amide bonds. The van der Waals surface area contributed by atoms with E-state index in [0.717, 1.165) is 12.8 Å². The highest BCUT2D eigenvalue weighted by Crippen LogP contribution is 2.44. The molecule has 0 bridgehead atoms. The lowest BCUT2D eigenvalue weighted by molar-refractivity contribution is 0.0207. The van der Waals surface area contributed by atoms with Gasteiger partial charge in [-0.1, -0.05) is 6.07 Å². The average molecular weight is 523 g/mol. The van der Waals surface area contributed by atoms with Crippen LogP contribution in [0.2, 0.25) is 0 Å². The first kappa shape index (κ1) is 24.5. The standard InChI is InChI=1S/C28H31FN4O5/c1-28(2,3)38-27(36)31-10-11-32-18(15-31)9-12-37-22-14-16(23-19(29)5-4-6-21(23)34)13-20-24(22)25(32)30-26(35)33(20)17-7-8-17/h4-6,13-14,17-18,34H,7-12,15H2,1-3H3. The Hall–Kier alpha value is -3.82. The van der Waals surface area contributed by atoms with Gasteiger partial charge in [-0.3, -0.25) is 4.57 Å². The first-order valence-electron chi connectivity index (χ1n) is 13.1. The number of phenolic OH excluding ortho intramolecular Hbond substituents is 1. The van der Waals surface area contributed by atoms with Crippen LogP contribution in [0.25, 0.3) is 22.0 Å². The SMILES string of the molecule is CC(C)(C)OC(=O)N1CCN2c3nc(=O)n(C4CC4)c4cc(-c5c(O)cccc5F)cc(c34)OCCC2C1. The Morgan fingerprint density at radius 1 is 1.16 bits per heavy atom. The van der Waals surface area contributed by atoms with Crippen LogP contribution in [0, 0.1) is 5.82 Å². The molecule has 3 aromatic rings. The van der Waals surface area contributed by atoms with E-state index in [1.165, 1.54) is 18.2 Å². The van der Waals surface area contributed by atoms with Crippen LogP contribution in [-0.2, 0) is 4.74 Å². The summed E-state index contributed by atoms with van der Waals surface area (Å²) in [5.41, 5.74) is 0.134. The Labute approximate surface area is 219 Å². The van der Waals surface area contributed by atoms with Crippen LogP contribution in [-0.4, -0.2) is 63.5 Å². The smallest absolute Gasteiger partial charge is 0.410 e. The lowest BCUT2D eigenvalue weighted by atomic mass is 9.99. The fraction of sp³-hybridized carbons (Fsp3) is 0.464. The maximum atomic E-state index is 14.9. The van der Waals surface area contributed by atoms with Crippen LogP contribution in [0.3, 0.4) is 0 Å². The minimum Gasteiger partial charge on any atom is -0.507 e. The van der Waals surface area contributed by atoms with Crippen LogP contribution < -0.4 is 15.3 Å². The van der Waals surface area contributed by atoms with Gasteiger partial charge in [-0.05, 0) is 63.4 Å². The monoisotopic (exact) mass is 522 g/mol. The highest BCUT2D eigenvalue weighted by Gasteiger charge is 2.37. The molecule has 10 heteroatoms. The highest BCUT2D eigenvalue weighted by molar-refractivity contribution is 5.99. The predicted molar refractivity (Wildman–Crippen MR) is 140 cm³/mol. The predicted octanol–water partition coefficient (Wildman–Crippen LogP) is 4.45. The van der Waals surface area contributed by atoms with Crippen molar-refractivity contribution >= 4 is 22.8 Å². The second-order valence-electron chi connectivity index (χ2n) is 11.2. The van der Waals surface area contributed by atoms with Gasteiger partial charge in [0.05, 0.1) is 29.1 Å². The summed E-state index contributed by atoms with van der Waals surface area (Å²) in [6, 6.07) is 7.54. The molecule has 1 unspecified atom stereocenters. The Morgan fingerprint density at radius 3 is 2.66 bits per heavy atom. The van der Waals surface area contributed by atoms with E-state index in [1.807, 2.05) is 20.8 Å². The number of carbonyl (C=O) groups excluding carboxylic acids is 1. The molecule has 1 saturated heterocycles. The van der Waals surface area contributed by atoms with Crippen molar-refractivity contribution < 1.29 is 23.8 Å². The van der Waals surface area contributed by atoms with Gasteiger partial charge in [0, 0.05) is 32.1 Å².